The van der Waals surface area contributed by atoms with E-state index in [9.17, 15) is 13.7 Å². The summed E-state index contributed by atoms with van der Waals surface area (Å²) in [6, 6.07) is 11.3. The molecule has 0 amide bonds. The van der Waals surface area contributed by atoms with Crippen molar-refractivity contribution >= 4 is 26.4 Å². The van der Waals surface area contributed by atoms with Crippen molar-refractivity contribution in [2.24, 2.45) is 0 Å². The maximum atomic E-state index is 11.5. The van der Waals surface area contributed by atoms with E-state index in [1.165, 1.54) is 12.3 Å². The van der Waals surface area contributed by atoms with Gasteiger partial charge < -0.3 is 5.32 Å². The maximum absolute atomic E-state index is 11.5. The highest BCUT2D eigenvalue weighted by atomic mass is 32.2. The third-order valence-corrected chi connectivity index (χ3v) is 4.87. The summed E-state index contributed by atoms with van der Waals surface area (Å²) in [5.41, 5.74) is 3.68. The van der Waals surface area contributed by atoms with Crippen molar-refractivity contribution in [1.82, 2.24) is 9.97 Å². The Morgan fingerprint density at radius 3 is 2.38 bits per heavy atom. The number of sulfone groups is 1. The summed E-state index contributed by atoms with van der Waals surface area (Å²) in [6.07, 6.45) is 4.22. The third kappa shape index (κ3) is 3.51. The van der Waals surface area contributed by atoms with E-state index in [-0.39, 0.29) is 11.1 Å². The Balaban J connectivity index is 2.09. The quantitative estimate of drug-likeness (QED) is 0.760. The number of hydrogen-bond acceptors (Lipinski definition) is 6. The molecule has 1 N–H and O–H groups in total. The molecule has 6 nitrogen and oxygen atoms in total. The number of rotatable bonds is 4. The molecule has 26 heavy (non-hydrogen) atoms. The second-order valence-corrected chi connectivity index (χ2v) is 8.31. The highest BCUT2D eigenvalue weighted by molar-refractivity contribution is 7.90. The van der Waals surface area contributed by atoms with Gasteiger partial charge in [-0.2, -0.15) is 5.26 Å². The molecule has 0 saturated carbocycles. The van der Waals surface area contributed by atoms with Crippen molar-refractivity contribution in [3.63, 3.8) is 0 Å². The van der Waals surface area contributed by atoms with E-state index in [0.717, 1.165) is 34.0 Å². The van der Waals surface area contributed by atoms with Crippen LogP contribution in [0, 0.1) is 11.3 Å². The van der Waals surface area contributed by atoms with Crippen molar-refractivity contribution in [1.29, 1.82) is 5.26 Å². The lowest BCUT2D eigenvalue weighted by Crippen LogP contribution is -2.11. The molecule has 2 heterocycles. The lowest BCUT2D eigenvalue weighted by Gasteiger charge is -2.14. The van der Waals surface area contributed by atoms with E-state index in [1.54, 1.807) is 12.3 Å². The number of pyridine rings is 2. The van der Waals surface area contributed by atoms with Crippen molar-refractivity contribution in [3.8, 4) is 17.2 Å². The molecule has 0 aliphatic heterocycles. The summed E-state index contributed by atoms with van der Waals surface area (Å²) in [5.74, 6) is 0. The SMILES string of the molecule is CC(C)Nc1c(C#N)cnc2cc(-c3ccc(S(C)(=O)=O)nc3)ccc12. The molecule has 3 rings (SSSR count). The Labute approximate surface area is 152 Å². The first kappa shape index (κ1) is 17.8. The Morgan fingerprint density at radius 2 is 1.81 bits per heavy atom. The van der Waals surface area contributed by atoms with E-state index >= 15 is 0 Å². The Kier molecular flexibility index (Phi) is 4.62. The molecule has 0 bridgehead atoms. The number of nitrogens with zero attached hydrogens (tertiary/aromatic N) is 3. The first-order valence-corrected chi connectivity index (χ1v) is 9.94. The van der Waals surface area contributed by atoms with E-state index < -0.39 is 9.84 Å². The minimum Gasteiger partial charge on any atom is -0.381 e. The summed E-state index contributed by atoms with van der Waals surface area (Å²) >= 11 is 0. The van der Waals surface area contributed by atoms with Crippen LogP contribution in [0.25, 0.3) is 22.0 Å². The van der Waals surface area contributed by atoms with Gasteiger partial charge in [-0.3, -0.25) is 4.98 Å². The largest absolute Gasteiger partial charge is 0.381 e. The number of nitrogens with one attached hydrogen (secondary N) is 1. The van der Waals surface area contributed by atoms with E-state index in [0.29, 0.717) is 5.56 Å². The topological polar surface area (TPSA) is 95.7 Å². The van der Waals surface area contributed by atoms with Gasteiger partial charge in [0.15, 0.2) is 14.9 Å². The van der Waals surface area contributed by atoms with Gasteiger partial charge in [-0.1, -0.05) is 12.1 Å². The lowest BCUT2D eigenvalue weighted by atomic mass is 10.0. The average Bonchev–Trinajstić information content (AvgIpc) is 2.60. The van der Waals surface area contributed by atoms with Crippen LogP contribution in [0.4, 0.5) is 5.69 Å². The molecule has 0 unspecified atom stereocenters. The predicted molar refractivity (Wildman–Crippen MR) is 102 cm³/mol. The van der Waals surface area contributed by atoms with Gasteiger partial charge in [0.1, 0.15) is 6.07 Å². The van der Waals surface area contributed by atoms with Gasteiger partial charge in [-0.15, -0.1) is 0 Å². The third-order valence-electron chi connectivity index (χ3n) is 3.87. The number of aromatic nitrogens is 2. The second-order valence-electron chi connectivity index (χ2n) is 6.35. The Hall–Kier alpha value is -2.98. The molecule has 132 valence electrons. The van der Waals surface area contributed by atoms with Gasteiger partial charge in [0, 0.05) is 35.6 Å². The molecular weight excluding hydrogens is 348 g/mol. The minimum atomic E-state index is -3.32. The fourth-order valence-electron chi connectivity index (χ4n) is 2.67. The van der Waals surface area contributed by atoms with Crippen molar-refractivity contribution < 1.29 is 8.42 Å². The predicted octanol–water partition coefficient (Wildman–Crippen LogP) is 3.39. The fraction of sp³-hybridized carbons (Fsp3) is 0.211. The molecule has 0 radical (unpaired) electrons. The smallest absolute Gasteiger partial charge is 0.192 e. The van der Waals surface area contributed by atoms with E-state index in [2.05, 4.69) is 21.4 Å². The number of benzene rings is 1. The van der Waals surface area contributed by atoms with Crippen LogP contribution in [-0.4, -0.2) is 30.7 Å². The normalized spacial score (nSPS) is 11.5. The summed E-state index contributed by atoms with van der Waals surface area (Å²) in [5, 5.41) is 13.5. The van der Waals surface area contributed by atoms with Gasteiger partial charge in [0.25, 0.3) is 0 Å². The van der Waals surface area contributed by atoms with Gasteiger partial charge in [0.2, 0.25) is 0 Å². The summed E-state index contributed by atoms with van der Waals surface area (Å²) < 4.78 is 23.1. The average molecular weight is 366 g/mol. The highest BCUT2D eigenvalue weighted by Gasteiger charge is 2.12. The van der Waals surface area contributed by atoms with Crippen molar-refractivity contribution in [2.75, 3.05) is 11.6 Å². The van der Waals surface area contributed by atoms with Crippen LogP contribution in [0.5, 0.6) is 0 Å². The zero-order valence-corrected chi connectivity index (χ0v) is 15.5. The zero-order chi connectivity index (χ0) is 18.9. The number of hydrogen-bond donors (Lipinski definition) is 1. The van der Waals surface area contributed by atoms with Gasteiger partial charge >= 0.3 is 0 Å². The molecule has 1 aromatic carbocycles. The minimum absolute atomic E-state index is 0.0437. The maximum Gasteiger partial charge on any atom is 0.192 e. The van der Waals surface area contributed by atoms with Crippen LogP contribution < -0.4 is 5.32 Å². The molecule has 0 aliphatic rings. The molecule has 0 atom stereocenters. The van der Waals surface area contributed by atoms with Crippen molar-refractivity contribution in [3.05, 3.63) is 48.3 Å². The molecule has 2 aromatic heterocycles. The van der Waals surface area contributed by atoms with Crippen LogP contribution in [0.15, 0.2) is 47.8 Å². The Morgan fingerprint density at radius 1 is 1.08 bits per heavy atom. The monoisotopic (exact) mass is 366 g/mol. The standard InChI is InChI=1S/C19H18N4O2S/c1-12(2)23-19-15(9-20)11-21-17-8-13(4-6-16(17)19)14-5-7-18(22-10-14)26(3,24)25/h4-8,10-12H,1-3H3,(H,21,23). The zero-order valence-electron chi connectivity index (χ0n) is 14.7. The van der Waals surface area contributed by atoms with Crippen LogP contribution in [0.2, 0.25) is 0 Å². The summed E-state index contributed by atoms with van der Waals surface area (Å²) in [6.45, 7) is 4.02. The van der Waals surface area contributed by atoms with Crippen LogP contribution in [0.1, 0.15) is 19.4 Å². The fourth-order valence-corrected chi connectivity index (χ4v) is 3.23. The van der Waals surface area contributed by atoms with Crippen LogP contribution >= 0.6 is 0 Å². The molecule has 0 fully saturated rings. The number of fused-ring (bicyclic) bond motifs is 1. The first-order chi connectivity index (χ1) is 12.3. The highest BCUT2D eigenvalue weighted by Crippen LogP contribution is 2.30. The molecule has 0 saturated heterocycles. The van der Waals surface area contributed by atoms with Gasteiger partial charge in [0.05, 0.1) is 16.8 Å². The summed E-state index contributed by atoms with van der Waals surface area (Å²) in [4.78, 5) is 8.41. The van der Waals surface area contributed by atoms with Gasteiger partial charge in [-0.05, 0) is 37.6 Å². The summed E-state index contributed by atoms with van der Waals surface area (Å²) in [7, 11) is -3.32. The van der Waals surface area contributed by atoms with Gasteiger partial charge in [-0.25, -0.2) is 13.4 Å². The molecular formula is C19H18N4O2S. The Bertz CT molecular complexity index is 1110. The van der Waals surface area contributed by atoms with E-state index in [4.69, 9.17) is 0 Å². The number of nitriles is 1. The molecule has 0 aliphatic carbocycles. The molecule has 7 heteroatoms. The van der Waals surface area contributed by atoms with Crippen LogP contribution in [0.3, 0.4) is 0 Å². The second kappa shape index (κ2) is 6.73. The molecule has 3 aromatic rings. The van der Waals surface area contributed by atoms with Crippen molar-refractivity contribution in [2.45, 2.75) is 24.9 Å². The molecule has 0 spiro atoms. The van der Waals surface area contributed by atoms with Crippen LogP contribution in [-0.2, 0) is 9.84 Å². The number of anilines is 1. The lowest BCUT2D eigenvalue weighted by molar-refractivity contribution is 0.598. The first-order valence-electron chi connectivity index (χ1n) is 8.05. The van der Waals surface area contributed by atoms with E-state index in [1.807, 2.05) is 32.0 Å².